The SMILES string of the molecule is CC(C[NH+]1CCCCC1)OC(=O)c1cccs1.[Cl-]. The Hall–Kier alpha value is -0.580. The molecule has 2 heterocycles. The van der Waals surface area contributed by atoms with Crippen LogP contribution in [0.2, 0.25) is 0 Å². The Morgan fingerprint density at radius 3 is 2.78 bits per heavy atom. The molecule has 0 aliphatic carbocycles. The smallest absolute Gasteiger partial charge is 0.348 e. The molecule has 0 saturated carbocycles. The lowest BCUT2D eigenvalue weighted by Gasteiger charge is -2.25. The van der Waals surface area contributed by atoms with Crippen molar-refractivity contribution in [1.82, 2.24) is 0 Å². The highest BCUT2D eigenvalue weighted by molar-refractivity contribution is 7.11. The number of nitrogens with one attached hydrogen (secondary N) is 1. The molecule has 0 bridgehead atoms. The molecule has 0 radical (unpaired) electrons. The maximum Gasteiger partial charge on any atom is 0.348 e. The van der Waals surface area contributed by atoms with Crippen LogP contribution in [0.3, 0.4) is 0 Å². The second kappa shape index (κ2) is 7.77. The van der Waals surface area contributed by atoms with Gasteiger partial charge in [0, 0.05) is 0 Å². The average molecular weight is 290 g/mol. The number of piperidine rings is 1. The van der Waals surface area contributed by atoms with Crippen LogP contribution in [-0.4, -0.2) is 31.7 Å². The van der Waals surface area contributed by atoms with Gasteiger partial charge in [-0.3, -0.25) is 0 Å². The summed E-state index contributed by atoms with van der Waals surface area (Å²) in [5, 5.41) is 1.90. The first kappa shape index (κ1) is 15.5. The molecular weight excluding hydrogens is 270 g/mol. The number of quaternary nitrogens is 1. The van der Waals surface area contributed by atoms with E-state index in [9.17, 15) is 4.79 Å². The lowest BCUT2D eigenvalue weighted by atomic mass is 10.1. The van der Waals surface area contributed by atoms with Gasteiger partial charge < -0.3 is 22.0 Å². The van der Waals surface area contributed by atoms with Crippen molar-refractivity contribution in [3.8, 4) is 0 Å². The fourth-order valence-corrected chi connectivity index (χ4v) is 2.94. The first-order valence-electron chi connectivity index (χ1n) is 6.34. The molecule has 0 amide bonds. The van der Waals surface area contributed by atoms with Gasteiger partial charge in [-0.25, -0.2) is 4.79 Å². The number of carbonyl (C=O) groups is 1. The highest BCUT2D eigenvalue weighted by atomic mass is 35.5. The molecule has 1 aromatic heterocycles. The highest BCUT2D eigenvalue weighted by Crippen LogP contribution is 2.10. The maximum atomic E-state index is 11.7. The van der Waals surface area contributed by atoms with Gasteiger partial charge in [0.25, 0.3) is 0 Å². The minimum absolute atomic E-state index is 0. The minimum Gasteiger partial charge on any atom is -1.00 e. The van der Waals surface area contributed by atoms with E-state index in [1.165, 1.54) is 43.7 Å². The molecular formula is C13H20ClNO2S. The van der Waals surface area contributed by atoms with E-state index < -0.39 is 0 Å². The van der Waals surface area contributed by atoms with E-state index in [-0.39, 0.29) is 24.5 Å². The van der Waals surface area contributed by atoms with Gasteiger partial charge in [0.2, 0.25) is 0 Å². The van der Waals surface area contributed by atoms with Crippen molar-refractivity contribution in [2.45, 2.75) is 32.3 Å². The van der Waals surface area contributed by atoms with Crippen LogP contribution in [0.1, 0.15) is 35.9 Å². The van der Waals surface area contributed by atoms with E-state index in [0.29, 0.717) is 4.88 Å². The fraction of sp³-hybridized carbons (Fsp3) is 0.615. The van der Waals surface area contributed by atoms with E-state index in [4.69, 9.17) is 4.74 Å². The summed E-state index contributed by atoms with van der Waals surface area (Å²) in [7, 11) is 0. The number of ether oxygens (including phenoxy) is 1. The standard InChI is InChI=1S/C13H19NO2S.ClH/c1-11(10-14-7-3-2-4-8-14)16-13(15)12-6-5-9-17-12;/h5-6,9,11H,2-4,7-8,10H2,1H3;1H. The molecule has 0 spiro atoms. The van der Waals surface area contributed by atoms with Crippen molar-refractivity contribution in [2.24, 2.45) is 0 Å². The van der Waals surface area contributed by atoms with Crippen LogP contribution >= 0.6 is 11.3 Å². The van der Waals surface area contributed by atoms with Gasteiger partial charge in [-0.05, 0) is 37.6 Å². The zero-order valence-corrected chi connectivity index (χ0v) is 12.2. The summed E-state index contributed by atoms with van der Waals surface area (Å²) in [6, 6.07) is 3.69. The first-order valence-corrected chi connectivity index (χ1v) is 7.22. The number of hydrogen-bond acceptors (Lipinski definition) is 3. The number of halogens is 1. The molecule has 1 unspecified atom stereocenters. The topological polar surface area (TPSA) is 30.7 Å². The number of thiophene rings is 1. The Morgan fingerprint density at radius 2 is 2.17 bits per heavy atom. The van der Waals surface area contributed by atoms with Crippen LogP contribution in [0.5, 0.6) is 0 Å². The molecule has 1 saturated heterocycles. The zero-order chi connectivity index (χ0) is 12.1. The number of esters is 1. The van der Waals surface area contributed by atoms with E-state index in [1.54, 1.807) is 4.90 Å². The molecule has 1 atom stereocenters. The van der Waals surface area contributed by atoms with Gasteiger partial charge in [0.1, 0.15) is 17.5 Å². The van der Waals surface area contributed by atoms with Gasteiger partial charge in [-0.1, -0.05) is 6.07 Å². The number of carbonyl (C=O) groups excluding carboxylic acids is 1. The lowest BCUT2D eigenvalue weighted by molar-refractivity contribution is -0.907. The largest absolute Gasteiger partial charge is 1.00 e. The van der Waals surface area contributed by atoms with Crippen molar-refractivity contribution in [3.63, 3.8) is 0 Å². The van der Waals surface area contributed by atoms with E-state index in [2.05, 4.69) is 0 Å². The zero-order valence-electron chi connectivity index (χ0n) is 10.7. The molecule has 1 aliphatic rings. The second-order valence-electron chi connectivity index (χ2n) is 4.71. The molecule has 1 N–H and O–H groups in total. The Kier molecular flexibility index (Phi) is 6.68. The molecule has 2 rings (SSSR count). The summed E-state index contributed by atoms with van der Waals surface area (Å²) in [5.74, 6) is -0.177. The summed E-state index contributed by atoms with van der Waals surface area (Å²) in [5.41, 5.74) is 0. The van der Waals surface area contributed by atoms with Crippen LogP contribution in [0.4, 0.5) is 0 Å². The predicted molar refractivity (Wildman–Crippen MR) is 68.6 cm³/mol. The van der Waals surface area contributed by atoms with Crippen molar-refractivity contribution < 1.29 is 26.8 Å². The van der Waals surface area contributed by atoms with Crippen LogP contribution in [-0.2, 0) is 4.74 Å². The Balaban J connectivity index is 0.00000162. The molecule has 1 aromatic rings. The molecule has 18 heavy (non-hydrogen) atoms. The Bertz CT molecular complexity index is 350. The normalized spacial score (nSPS) is 17.8. The molecule has 102 valence electrons. The summed E-state index contributed by atoms with van der Waals surface area (Å²) in [6.45, 7) is 5.38. The summed E-state index contributed by atoms with van der Waals surface area (Å²) in [4.78, 5) is 14.0. The molecule has 1 aliphatic heterocycles. The van der Waals surface area contributed by atoms with Crippen LogP contribution < -0.4 is 17.3 Å². The minimum atomic E-state index is -0.177. The van der Waals surface area contributed by atoms with E-state index in [1.807, 2.05) is 24.4 Å². The fourth-order valence-electron chi connectivity index (χ4n) is 2.34. The van der Waals surface area contributed by atoms with Gasteiger partial charge >= 0.3 is 5.97 Å². The van der Waals surface area contributed by atoms with Crippen molar-refractivity contribution in [3.05, 3.63) is 22.4 Å². The number of hydrogen-bond donors (Lipinski definition) is 1. The van der Waals surface area contributed by atoms with Crippen LogP contribution in [0.25, 0.3) is 0 Å². The van der Waals surface area contributed by atoms with Crippen molar-refractivity contribution in [1.29, 1.82) is 0 Å². The number of likely N-dealkylation sites (tertiary alicyclic amines) is 1. The Labute approximate surface area is 119 Å². The second-order valence-corrected chi connectivity index (χ2v) is 5.66. The first-order chi connectivity index (χ1) is 8.25. The third-order valence-electron chi connectivity index (χ3n) is 3.17. The summed E-state index contributed by atoms with van der Waals surface area (Å²) >= 11 is 1.44. The molecule has 1 fully saturated rings. The van der Waals surface area contributed by atoms with Crippen molar-refractivity contribution in [2.75, 3.05) is 19.6 Å². The lowest BCUT2D eigenvalue weighted by Crippen LogP contribution is -3.13. The average Bonchev–Trinajstić information content (AvgIpc) is 2.83. The predicted octanol–water partition coefficient (Wildman–Crippen LogP) is -1.63. The molecule has 5 heteroatoms. The summed E-state index contributed by atoms with van der Waals surface area (Å²) < 4.78 is 5.45. The van der Waals surface area contributed by atoms with Crippen LogP contribution in [0.15, 0.2) is 17.5 Å². The third kappa shape index (κ3) is 4.59. The third-order valence-corrected chi connectivity index (χ3v) is 4.02. The van der Waals surface area contributed by atoms with Crippen LogP contribution in [0, 0.1) is 0 Å². The molecule has 3 nitrogen and oxygen atoms in total. The van der Waals surface area contributed by atoms with E-state index >= 15 is 0 Å². The Morgan fingerprint density at radius 1 is 1.44 bits per heavy atom. The maximum absolute atomic E-state index is 11.7. The van der Waals surface area contributed by atoms with E-state index in [0.717, 1.165) is 6.54 Å². The summed E-state index contributed by atoms with van der Waals surface area (Å²) in [6.07, 6.45) is 3.98. The highest BCUT2D eigenvalue weighted by Gasteiger charge is 2.20. The van der Waals surface area contributed by atoms with Crippen molar-refractivity contribution >= 4 is 17.3 Å². The number of rotatable bonds is 4. The van der Waals surface area contributed by atoms with Gasteiger partial charge in [-0.2, -0.15) is 0 Å². The van der Waals surface area contributed by atoms with Gasteiger partial charge in [0.15, 0.2) is 0 Å². The molecule has 0 aromatic carbocycles. The monoisotopic (exact) mass is 289 g/mol. The van der Waals surface area contributed by atoms with Gasteiger partial charge in [-0.15, -0.1) is 11.3 Å². The quantitative estimate of drug-likeness (QED) is 0.675. The van der Waals surface area contributed by atoms with Gasteiger partial charge in [0.05, 0.1) is 13.1 Å².